The standard InChI is InChI=1S/C21H30N4O2/c1-3-5-11-19(26)23-14-12-18(13-15-23)20-22-25(21(27)24(20)4-2)16-17-9-7-6-8-10-17/h6-10,18H,3-5,11-16H2,1-2H3. The van der Waals surface area contributed by atoms with Gasteiger partial charge in [0.2, 0.25) is 5.91 Å². The number of hydrogen-bond donors (Lipinski definition) is 0. The monoisotopic (exact) mass is 370 g/mol. The zero-order chi connectivity index (χ0) is 19.2. The number of hydrogen-bond acceptors (Lipinski definition) is 3. The molecule has 2 heterocycles. The van der Waals surface area contributed by atoms with E-state index in [9.17, 15) is 9.59 Å². The fourth-order valence-electron chi connectivity index (χ4n) is 3.79. The summed E-state index contributed by atoms with van der Waals surface area (Å²) < 4.78 is 3.37. The highest BCUT2D eigenvalue weighted by Gasteiger charge is 2.28. The predicted molar refractivity (Wildman–Crippen MR) is 106 cm³/mol. The quantitative estimate of drug-likeness (QED) is 0.753. The Balaban J connectivity index is 1.71. The van der Waals surface area contributed by atoms with Crippen LogP contribution in [0, 0.1) is 0 Å². The summed E-state index contributed by atoms with van der Waals surface area (Å²) in [5.41, 5.74) is 1.03. The van der Waals surface area contributed by atoms with Crippen LogP contribution in [0.3, 0.4) is 0 Å². The first-order valence-corrected chi connectivity index (χ1v) is 10.1. The number of carbonyl (C=O) groups is 1. The van der Waals surface area contributed by atoms with Crippen molar-refractivity contribution in [3.05, 3.63) is 52.2 Å². The van der Waals surface area contributed by atoms with Gasteiger partial charge in [0.25, 0.3) is 0 Å². The Labute approximate surface area is 160 Å². The first kappa shape index (κ1) is 19.4. The number of nitrogens with zero attached hydrogens (tertiary/aromatic N) is 4. The highest BCUT2D eigenvalue weighted by atomic mass is 16.2. The van der Waals surface area contributed by atoms with Crippen LogP contribution in [0.25, 0.3) is 0 Å². The average molecular weight is 370 g/mol. The van der Waals surface area contributed by atoms with E-state index < -0.39 is 0 Å². The van der Waals surface area contributed by atoms with Crippen molar-refractivity contribution in [2.45, 2.75) is 65.0 Å². The molecule has 0 aliphatic carbocycles. The van der Waals surface area contributed by atoms with Crippen molar-refractivity contribution in [1.82, 2.24) is 19.2 Å². The Morgan fingerprint density at radius 3 is 2.48 bits per heavy atom. The summed E-state index contributed by atoms with van der Waals surface area (Å²) in [5, 5.41) is 4.68. The second kappa shape index (κ2) is 9.02. The van der Waals surface area contributed by atoms with Gasteiger partial charge in [0.15, 0.2) is 0 Å². The van der Waals surface area contributed by atoms with Gasteiger partial charge in [0.1, 0.15) is 5.82 Å². The molecule has 1 aliphatic rings. The third-order valence-corrected chi connectivity index (χ3v) is 5.40. The van der Waals surface area contributed by atoms with E-state index in [1.54, 1.807) is 9.25 Å². The number of carbonyl (C=O) groups excluding carboxylic acids is 1. The van der Waals surface area contributed by atoms with Crippen LogP contribution in [0.5, 0.6) is 0 Å². The summed E-state index contributed by atoms with van der Waals surface area (Å²) in [6.45, 7) is 6.73. The molecular formula is C21H30N4O2. The minimum absolute atomic E-state index is 0.0437. The van der Waals surface area contributed by atoms with E-state index in [1.165, 1.54) is 0 Å². The number of amides is 1. The van der Waals surface area contributed by atoms with Crippen molar-refractivity contribution < 1.29 is 4.79 Å². The smallest absolute Gasteiger partial charge is 0.343 e. The van der Waals surface area contributed by atoms with Crippen molar-refractivity contribution in [3.8, 4) is 0 Å². The molecule has 6 heteroatoms. The van der Waals surface area contributed by atoms with Gasteiger partial charge in [-0.2, -0.15) is 5.10 Å². The molecule has 0 saturated carbocycles. The first-order valence-electron chi connectivity index (χ1n) is 10.1. The Hall–Kier alpha value is -2.37. The third-order valence-electron chi connectivity index (χ3n) is 5.40. The molecule has 2 aromatic rings. The summed E-state index contributed by atoms with van der Waals surface area (Å²) in [7, 11) is 0. The van der Waals surface area contributed by atoms with Crippen molar-refractivity contribution >= 4 is 5.91 Å². The molecule has 1 aromatic carbocycles. The highest BCUT2D eigenvalue weighted by molar-refractivity contribution is 5.76. The van der Waals surface area contributed by atoms with E-state index in [0.717, 1.165) is 50.2 Å². The Bertz CT molecular complexity index is 801. The molecule has 0 bridgehead atoms. The molecule has 6 nitrogen and oxygen atoms in total. The van der Waals surface area contributed by atoms with Gasteiger partial charge in [-0.25, -0.2) is 9.48 Å². The first-order chi connectivity index (χ1) is 13.1. The van der Waals surface area contributed by atoms with Crippen molar-refractivity contribution in [1.29, 1.82) is 0 Å². The number of benzene rings is 1. The maximum Gasteiger partial charge on any atom is 0.346 e. The lowest BCUT2D eigenvalue weighted by Gasteiger charge is -2.31. The second-order valence-electron chi connectivity index (χ2n) is 7.29. The second-order valence-corrected chi connectivity index (χ2v) is 7.29. The highest BCUT2D eigenvalue weighted by Crippen LogP contribution is 2.26. The fraction of sp³-hybridized carbons (Fsp3) is 0.571. The molecule has 0 unspecified atom stereocenters. The number of rotatable bonds is 7. The molecule has 27 heavy (non-hydrogen) atoms. The minimum Gasteiger partial charge on any atom is -0.343 e. The SMILES string of the molecule is CCCCC(=O)N1CCC(c2nn(Cc3ccccc3)c(=O)n2CC)CC1. The summed E-state index contributed by atoms with van der Waals surface area (Å²) in [5.74, 6) is 1.38. The van der Waals surface area contributed by atoms with Crippen LogP contribution in [0.4, 0.5) is 0 Å². The molecule has 146 valence electrons. The molecule has 3 rings (SSSR count). The lowest BCUT2D eigenvalue weighted by Crippen LogP contribution is -2.38. The molecule has 1 saturated heterocycles. The maximum absolute atomic E-state index is 12.8. The molecule has 0 atom stereocenters. The van der Waals surface area contributed by atoms with E-state index in [-0.39, 0.29) is 17.5 Å². The zero-order valence-corrected chi connectivity index (χ0v) is 16.4. The van der Waals surface area contributed by atoms with Crippen molar-refractivity contribution in [2.75, 3.05) is 13.1 Å². The molecule has 1 aliphatic heterocycles. The van der Waals surface area contributed by atoms with E-state index >= 15 is 0 Å². The molecule has 0 spiro atoms. The van der Waals surface area contributed by atoms with Crippen molar-refractivity contribution in [3.63, 3.8) is 0 Å². The van der Waals surface area contributed by atoms with Crippen LogP contribution in [0.15, 0.2) is 35.1 Å². The van der Waals surface area contributed by atoms with Gasteiger partial charge in [0.05, 0.1) is 6.54 Å². The van der Waals surface area contributed by atoms with E-state index in [2.05, 4.69) is 12.0 Å². The molecule has 1 fully saturated rings. The van der Waals surface area contributed by atoms with Crippen LogP contribution < -0.4 is 5.69 Å². The number of piperidine rings is 1. The normalized spacial score (nSPS) is 15.3. The maximum atomic E-state index is 12.8. The lowest BCUT2D eigenvalue weighted by atomic mass is 9.95. The van der Waals surface area contributed by atoms with Crippen LogP contribution >= 0.6 is 0 Å². The van der Waals surface area contributed by atoms with Crippen LogP contribution in [-0.4, -0.2) is 38.2 Å². The number of likely N-dealkylation sites (tertiary alicyclic amines) is 1. The van der Waals surface area contributed by atoms with Gasteiger partial charge in [0, 0.05) is 32.0 Å². The lowest BCUT2D eigenvalue weighted by molar-refractivity contribution is -0.132. The number of aromatic nitrogens is 3. The fourth-order valence-corrected chi connectivity index (χ4v) is 3.79. The van der Waals surface area contributed by atoms with Gasteiger partial charge < -0.3 is 4.90 Å². The van der Waals surface area contributed by atoms with Gasteiger partial charge in [-0.1, -0.05) is 43.7 Å². The van der Waals surface area contributed by atoms with E-state index in [1.807, 2.05) is 42.2 Å². The van der Waals surface area contributed by atoms with Crippen LogP contribution in [-0.2, 0) is 17.9 Å². The van der Waals surface area contributed by atoms with Crippen LogP contribution in [0.1, 0.15) is 63.3 Å². The van der Waals surface area contributed by atoms with Gasteiger partial charge in [-0.15, -0.1) is 0 Å². The predicted octanol–water partition coefficient (Wildman–Crippen LogP) is 3.01. The molecule has 1 amide bonds. The molecule has 0 N–H and O–H groups in total. The summed E-state index contributed by atoms with van der Waals surface area (Å²) in [6.07, 6.45) is 4.40. The van der Waals surface area contributed by atoms with Crippen LogP contribution in [0.2, 0.25) is 0 Å². The zero-order valence-electron chi connectivity index (χ0n) is 16.4. The third kappa shape index (κ3) is 4.49. The van der Waals surface area contributed by atoms with E-state index in [4.69, 9.17) is 0 Å². The topological polar surface area (TPSA) is 60.1 Å². The van der Waals surface area contributed by atoms with Crippen molar-refractivity contribution in [2.24, 2.45) is 0 Å². The summed E-state index contributed by atoms with van der Waals surface area (Å²) in [4.78, 5) is 27.0. The Morgan fingerprint density at radius 1 is 1.15 bits per heavy atom. The van der Waals surface area contributed by atoms with Gasteiger partial charge >= 0.3 is 5.69 Å². The summed E-state index contributed by atoms with van der Waals surface area (Å²) in [6, 6.07) is 9.94. The Morgan fingerprint density at radius 2 is 1.85 bits per heavy atom. The Kier molecular flexibility index (Phi) is 6.48. The summed E-state index contributed by atoms with van der Waals surface area (Å²) >= 11 is 0. The average Bonchev–Trinajstić information content (AvgIpc) is 3.02. The molecule has 0 radical (unpaired) electrons. The van der Waals surface area contributed by atoms with Gasteiger partial charge in [-0.05, 0) is 31.7 Å². The van der Waals surface area contributed by atoms with E-state index in [0.29, 0.717) is 19.5 Å². The van der Waals surface area contributed by atoms with Gasteiger partial charge in [-0.3, -0.25) is 9.36 Å². The molecule has 1 aromatic heterocycles. The minimum atomic E-state index is -0.0437. The molecular weight excluding hydrogens is 340 g/mol. The number of unbranched alkanes of at least 4 members (excludes halogenated alkanes) is 1. The largest absolute Gasteiger partial charge is 0.346 e.